The van der Waals surface area contributed by atoms with Gasteiger partial charge in [-0.1, -0.05) is 123 Å². The summed E-state index contributed by atoms with van der Waals surface area (Å²) in [6.07, 6.45) is 15.2. The molecule has 0 amide bonds. The van der Waals surface area contributed by atoms with Gasteiger partial charge in [0.15, 0.2) is 0 Å². The number of anilines is 4. The van der Waals surface area contributed by atoms with E-state index < -0.39 is 0 Å². The molecule has 0 N–H and O–H groups in total. The van der Waals surface area contributed by atoms with Crippen LogP contribution in [0.5, 0.6) is 0 Å². The topological polar surface area (TPSA) is 15.3 Å². The Morgan fingerprint density at radius 3 is 1.72 bits per heavy atom. The molecule has 0 fully saturated rings. The Kier molecular flexibility index (Phi) is 7.92. The van der Waals surface area contributed by atoms with Crippen molar-refractivity contribution in [1.29, 1.82) is 0 Å². The summed E-state index contributed by atoms with van der Waals surface area (Å²) >= 11 is 0. The molecule has 0 radical (unpaired) electrons. The standard InChI is InChI=1S/C60H50N4/c1-35-27-36(2)30-41(29-35)61(49-19-11-7-15-39(49)5)53-25-23-43-47-33-56-48(34-55(47)63-51-21-13-9-17-45(51)57(53)59(43)63)44-24-26-54(58-46-18-10-14-22-52(46)64(56)60(44)58)62(50-20-12-8-16-40(50)6)42-31-37(3)28-38(4)32-42/h7-27,29-34,37,40,50H,28H2,1-6H3. The maximum atomic E-state index is 2.65. The minimum atomic E-state index is 0.191. The zero-order valence-electron chi connectivity index (χ0n) is 37.3. The van der Waals surface area contributed by atoms with E-state index in [0.29, 0.717) is 11.8 Å². The first-order valence-corrected chi connectivity index (χ1v) is 23.0. The predicted octanol–water partition coefficient (Wildman–Crippen LogP) is 16.2. The van der Waals surface area contributed by atoms with Gasteiger partial charge < -0.3 is 18.6 Å². The summed E-state index contributed by atoms with van der Waals surface area (Å²) in [5.41, 5.74) is 18.9. The molecule has 0 saturated carbocycles. The number of para-hydroxylation sites is 3. The lowest BCUT2D eigenvalue weighted by molar-refractivity contribution is 0.590. The Labute approximate surface area is 373 Å². The first-order chi connectivity index (χ1) is 31.2. The van der Waals surface area contributed by atoms with Crippen LogP contribution in [0, 0.1) is 32.6 Å². The van der Waals surface area contributed by atoms with Crippen LogP contribution in [0.15, 0.2) is 175 Å². The third kappa shape index (κ3) is 5.17. The van der Waals surface area contributed by atoms with Gasteiger partial charge in [-0.05, 0) is 123 Å². The number of rotatable bonds is 6. The average Bonchev–Trinajstić information content (AvgIpc) is 4.01. The van der Waals surface area contributed by atoms with E-state index in [1.165, 1.54) is 127 Å². The quantitative estimate of drug-likeness (QED) is 0.166. The van der Waals surface area contributed by atoms with Crippen molar-refractivity contribution in [2.75, 3.05) is 9.80 Å². The molecule has 0 bridgehead atoms. The minimum Gasteiger partial charge on any atom is -0.334 e. The van der Waals surface area contributed by atoms with Crippen LogP contribution in [0.25, 0.3) is 76.2 Å². The molecule has 0 saturated heterocycles. The fourth-order valence-electron chi connectivity index (χ4n) is 12.0. The Hall–Kier alpha value is -7.30. The number of hydrogen-bond donors (Lipinski definition) is 0. The second-order valence-electron chi connectivity index (χ2n) is 19.0. The number of benzene rings is 7. The van der Waals surface area contributed by atoms with E-state index in [-0.39, 0.29) is 6.04 Å². The number of allylic oxidation sites excluding steroid dienone is 5. The predicted molar refractivity (Wildman–Crippen MR) is 274 cm³/mol. The summed E-state index contributed by atoms with van der Waals surface area (Å²) in [5.74, 6) is 0.829. The lowest BCUT2D eigenvalue weighted by atomic mass is 9.90. The molecule has 11 aromatic rings. The van der Waals surface area contributed by atoms with Gasteiger partial charge in [0, 0.05) is 60.2 Å². The molecule has 3 atom stereocenters. The summed E-state index contributed by atoms with van der Waals surface area (Å²) in [5, 5.41) is 10.3. The highest BCUT2D eigenvalue weighted by Crippen LogP contribution is 2.51. The molecule has 13 rings (SSSR count). The Morgan fingerprint density at radius 1 is 0.516 bits per heavy atom. The molecule has 4 nitrogen and oxygen atoms in total. The van der Waals surface area contributed by atoms with Crippen molar-refractivity contribution in [3.05, 3.63) is 192 Å². The highest BCUT2D eigenvalue weighted by molar-refractivity contribution is 6.32. The third-order valence-electron chi connectivity index (χ3n) is 14.5. The van der Waals surface area contributed by atoms with Gasteiger partial charge in [-0.25, -0.2) is 0 Å². The monoisotopic (exact) mass is 826 g/mol. The lowest BCUT2D eigenvalue weighted by Crippen LogP contribution is -2.38. The number of fused-ring (bicyclic) bond motifs is 12. The highest BCUT2D eigenvalue weighted by atomic mass is 15.2. The van der Waals surface area contributed by atoms with Crippen LogP contribution < -0.4 is 9.80 Å². The van der Waals surface area contributed by atoms with Crippen molar-refractivity contribution in [1.82, 2.24) is 8.80 Å². The van der Waals surface area contributed by atoms with E-state index in [9.17, 15) is 0 Å². The van der Waals surface area contributed by atoms with Crippen molar-refractivity contribution in [2.24, 2.45) is 11.8 Å². The van der Waals surface area contributed by atoms with Crippen LogP contribution in [0.2, 0.25) is 0 Å². The summed E-state index contributed by atoms with van der Waals surface area (Å²) < 4.78 is 5.14. The second kappa shape index (κ2) is 13.6. The fourth-order valence-corrected chi connectivity index (χ4v) is 12.0. The van der Waals surface area contributed by atoms with Crippen LogP contribution in [0.4, 0.5) is 22.7 Å². The molecule has 310 valence electrons. The van der Waals surface area contributed by atoms with E-state index in [0.717, 1.165) is 6.42 Å². The lowest BCUT2D eigenvalue weighted by Gasteiger charge is -2.38. The summed E-state index contributed by atoms with van der Waals surface area (Å²) in [6.45, 7) is 13.6. The molecule has 7 aromatic carbocycles. The van der Waals surface area contributed by atoms with Crippen LogP contribution in [-0.2, 0) is 0 Å². The normalized spacial score (nSPS) is 18.0. The second-order valence-corrected chi connectivity index (χ2v) is 19.0. The Morgan fingerprint density at radius 2 is 1.09 bits per heavy atom. The van der Waals surface area contributed by atoms with E-state index in [4.69, 9.17) is 0 Å². The van der Waals surface area contributed by atoms with Gasteiger partial charge in [-0.15, -0.1) is 0 Å². The molecule has 4 aromatic heterocycles. The van der Waals surface area contributed by atoms with Gasteiger partial charge in [0.05, 0.1) is 50.5 Å². The van der Waals surface area contributed by atoms with E-state index in [1.54, 1.807) is 0 Å². The van der Waals surface area contributed by atoms with Gasteiger partial charge >= 0.3 is 0 Å². The van der Waals surface area contributed by atoms with Crippen molar-refractivity contribution in [3.63, 3.8) is 0 Å². The molecule has 3 unspecified atom stereocenters. The minimum absolute atomic E-state index is 0.191. The molecule has 4 heterocycles. The number of aromatic nitrogens is 2. The average molecular weight is 827 g/mol. The maximum Gasteiger partial charge on any atom is 0.0641 e. The molecule has 0 aliphatic heterocycles. The van der Waals surface area contributed by atoms with E-state index >= 15 is 0 Å². The van der Waals surface area contributed by atoms with Crippen LogP contribution in [0.1, 0.15) is 43.9 Å². The zero-order valence-corrected chi connectivity index (χ0v) is 37.3. The van der Waals surface area contributed by atoms with Crippen molar-refractivity contribution < 1.29 is 0 Å². The molecule has 2 aliphatic rings. The molecule has 64 heavy (non-hydrogen) atoms. The molecule has 4 heteroatoms. The van der Waals surface area contributed by atoms with Gasteiger partial charge in [-0.3, -0.25) is 0 Å². The third-order valence-corrected chi connectivity index (χ3v) is 14.5. The smallest absolute Gasteiger partial charge is 0.0641 e. The highest BCUT2D eigenvalue weighted by Gasteiger charge is 2.32. The summed E-state index contributed by atoms with van der Waals surface area (Å²) in [7, 11) is 0. The maximum absolute atomic E-state index is 2.65. The largest absolute Gasteiger partial charge is 0.334 e. The number of nitrogens with zero attached hydrogens (tertiary/aromatic N) is 4. The van der Waals surface area contributed by atoms with Crippen LogP contribution in [-0.4, -0.2) is 14.8 Å². The van der Waals surface area contributed by atoms with Gasteiger partial charge in [0.1, 0.15) is 0 Å². The Balaban J connectivity index is 1.12. The van der Waals surface area contributed by atoms with Crippen LogP contribution >= 0.6 is 0 Å². The van der Waals surface area contributed by atoms with Crippen molar-refractivity contribution in [3.8, 4) is 0 Å². The summed E-state index contributed by atoms with van der Waals surface area (Å²) in [6, 6.07) is 48.6. The number of aryl methyl sites for hydroxylation is 3. The van der Waals surface area contributed by atoms with Gasteiger partial charge in [0.2, 0.25) is 0 Å². The van der Waals surface area contributed by atoms with Crippen molar-refractivity contribution in [2.45, 2.75) is 54.0 Å². The molecule has 0 spiro atoms. The van der Waals surface area contributed by atoms with E-state index in [2.05, 4.69) is 224 Å². The van der Waals surface area contributed by atoms with Gasteiger partial charge in [-0.2, -0.15) is 0 Å². The van der Waals surface area contributed by atoms with Crippen LogP contribution in [0.3, 0.4) is 0 Å². The first kappa shape index (κ1) is 37.3. The fraction of sp³-hybridized carbons (Fsp3) is 0.167. The van der Waals surface area contributed by atoms with Gasteiger partial charge in [0.25, 0.3) is 0 Å². The summed E-state index contributed by atoms with van der Waals surface area (Å²) in [4.78, 5) is 5.15. The van der Waals surface area contributed by atoms with E-state index in [1.807, 2.05) is 0 Å². The molecular formula is C60H50N4. The van der Waals surface area contributed by atoms with Crippen molar-refractivity contribution >= 4 is 98.9 Å². The Bertz CT molecular complexity index is 3850. The SMILES string of the molecule is CC1=CC(N(c2ccc3c4cc5c(cc4n4c6ccccc6c2c34)c2ccc(N(c3cc(C)cc(C)c3)c3ccccc3C)c3c4ccccc4n5c23)C2C=CC=CC2C)=CC(C)C1. The first-order valence-electron chi connectivity index (χ1n) is 23.0. The molecular weight excluding hydrogens is 777 g/mol. The number of hydrogen-bond acceptors (Lipinski definition) is 2. The molecule has 2 aliphatic carbocycles. The zero-order chi connectivity index (χ0) is 43.1.